The Morgan fingerprint density at radius 1 is 0.848 bits per heavy atom. The maximum Gasteiger partial charge on any atom is 0.220 e. The zero-order chi connectivity index (χ0) is 33.7. The molecule has 0 spiro atoms. The molecule has 0 bridgehead atoms. The van der Waals surface area contributed by atoms with Crippen molar-refractivity contribution in [3.63, 3.8) is 0 Å². The maximum absolute atomic E-state index is 12.7. The molecule has 1 aliphatic rings. The van der Waals surface area contributed by atoms with E-state index in [0.29, 0.717) is 19.4 Å². The third-order valence-electron chi connectivity index (χ3n) is 8.41. The lowest BCUT2D eigenvalue weighted by atomic mass is 9.99. The molecule has 12 heteroatoms. The molecule has 2 unspecified atom stereocenters. The number of nitrogens with one attached hydrogen (secondary N) is 2. The van der Waals surface area contributed by atoms with Gasteiger partial charge in [0.15, 0.2) is 6.29 Å². The Balaban J connectivity index is 1.77. The van der Waals surface area contributed by atoms with E-state index in [2.05, 4.69) is 29.7 Å². The van der Waals surface area contributed by atoms with E-state index >= 15 is 0 Å². The number of aliphatic hydroxyl groups is 6. The first-order valence-corrected chi connectivity index (χ1v) is 17.1. The van der Waals surface area contributed by atoms with Gasteiger partial charge in [0, 0.05) is 19.4 Å². The minimum absolute atomic E-state index is 0.0947. The number of benzene rings is 1. The van der Waals surface area contributed by atoms with Crippen LogP contribution in [0.2, 0.25) is 0 Å². The number of hydrogen-bond donors (Lipinski definition) is 8. The monoisotopic (exact) mass is 654 g/mol. The van der Waals surface area contributed by atoms with Gasteiger partial charge in [-0.1, -0.05) is 75.8 Å². The average Bonchev–Trinajstić information content (AvgIpc) is 3.05. The Morgan fingerprint density at radius 2 is 1.52 bits per heavy atom. The zero-order valence-electron chi connectivity index (χ0n) is 27.3. The molecule has 0 aromatic heterocycles. The van der Waals surface area contributed by atoms with Crippen LogP contribution in [0.25, 0.3) is 0 Å². The molecule has 0 radical (unpaired) electrons. The molecule has 1 saturated heterocycles. The van der Waals surface area contributed by atoms with Gasteiger partial charge in [0.05, 0.1) is 25.4 Å². The molecular formula is C34H58N2O10. The third kappa shape index (κ3) is 15.2. The van der Waals surface area contributed by atoms with E-state index in [4.69, 9.17) is 9.47 Å². The number of hydrogen-bond acceptors (Lipinski definition) is 10. The standard InChI is InChI=1S/C34H58N2O10/c1-2-3-4-5-12-19-29(40)36-25(23-45-34-33(44)32(43)31(42)27(22-37)46-34)30(41)26(38)18-14-20-28(39)35-21-13-7-6-9-15-24-16-10-8-11-17-24/h8,10-11,16-17,25-27,30-34,37-38,41-44H,2-7,9,12-15,18-23H2,1H3,(H,35,39)(H,36,40)/t25-,26+,27?,30-,31-,32?,33-,34-/m0/s1. The highest BCUT2D eigenvalue weighted by Crippen LogP contribution is 2.22. The number of aliphatic hydroxyl groups excluding tert-OH is 6. The molecule has 1 aromatic rings. The summed E-state index contributed by atoms with van der Waals surface area (Å²) >= 11 is 0. The summed E-state index contributed by atoms with van der Waals surface area (Å²) in [6, 6.07) is 9.25. The van der Waals surface area contributed by atoms with Gasteiger partial charge in [0.25, 0.3) is 0 Å². The highest BCUT2D eigenvalue weighted by molar-refractivity contribution is 5.76. The fourth-order valence-electron chi connectivity index (χ4n) is 5.48. The molecular weight excluding hydrogens is 596 g/mol. The summed E-state index contributed by atoms with van der Waals surface area (Å²) in [5, 5.41) is 67.1. The van der Waals surface area contributed by atoms with Crippen molar-refractivity contribution in [2.45, 2.75) is 146 Å². The predicted molar refractivity (Wildman–Crippen MR) is 173 cm³/mol. The van der Waals surface area contributed by atoms with Crippen LogP contribution in [0, 0.1) is 0 Å². The Labute approximate surface area is 273 Å². The van der Waals surface area contributed by atoms with Gasteiger partial charge < -0.3 is 50.7 Å². The summed E-state index contributed by atoms with van der Waals surface area (Å²) in [6.45, 7) is 1.65. The number of rotatable bonds is 24. The molecule has 0 aliphatic carbocycles. The summed E-state index contributed by atoms with van der Waals surface area (Å²) < 4.78 is 10.9. The Kier molecular flexibility index (Phi) is 20.2. The van der Waals surface area contributed by atoms with Crippen LogP contribution < -0.4 is 10.6 Å². The van der Waals surface area contributed by atoms with Crippen LogP contribution in [-0.2, 0) is 25.5 Å². The summed E-state index contributed by atoms with van der Waals surface area (Å²) in [7, 11) is 0. The van der Waals surface area contributed by atoms with Crippen molar-refractivity contribution in [3.05, 3.63) is 35.9 Å². The predicted octanol–water partition coefficient (Wildman–Crippen LogP) is 1.46. The molecule has 1 fully saturated rings. The third-order valence-corrected chi connectivity index (χ3v) is 8.41. The second-order valence-electron chi connectivity index (χ2n) is 12.3. The second kappa shape index (κ2) is 23.2. The molecule has 0 saturated carbocycles. The molecule has 2 amide bonds. The van der Waals surface area contributed by atoms with Crippen molar-refractivity contribution in [1.82, 2.24) is 10.6 Å². The number of amides is 2. The molecule has 8 N–H and O–H groups in total. The number of unbranched alkanes of at least 4 members (excludes halogenated alkanes) is 7. The lowest BCUT2D eigenvalue weighted by Crippen LogP contribution is -2.60. The Morgan fingerprint density at radius 3 is 2.24 bits per heavy atom. The van der Waals surface area contributed by atoms with Crippen molar-refractivity contribution in [2.75, 3.05) is 19.8 Å². The van der Waals surface area contributed by atoms with E-state index in [1.807, 2.05) is 18.2 Å². The molecule has 264 valence electrons. The number of aryl methyl sites for hydroxylation is 1. The van der Waals surface area contributed by atoms with Gasteiger partial charge in [0.1, 0.15) is 30.5 Å². The quantitative estimate of drug-likeness (QED) is 0.0756. The van der Waals surface area contributed by atoms with Gasteiger partial charge >= 0.3 is 0 Å². The van der Waals surface area contributed by atoms with Crippen LogP contribution in [0.3, 0.4) is 0 Å². The summed E-state index contributed by atoms with van der Waals surface area (Å²) in [5.74, 6) is -0.477. The maximum atomic E-state index is 12.7. The topological polar surface area (TPSA) is 198 Å². The van der Waals surface area contributed by atoms with Gasteiger partial charge in [0.2, 0.25) is 11.8 Å². The first-order valence-electron chi connectivity index (χ1n) is 17.1. The summed E-state index contributed by atoms with van der Waals surface area (Å²) in [4.78, 5) is 25.0. The molecule has 12 nitrogen and oxygen atoms in total. The van der Waals surface area contributed by atoms with Crippen LogP contribution in [-0.4, -0.2) is 111 Å². The first-order chi connectivity index (χ1) is 22.2. The molecule has 1 aliphatic heterocycles. The Bertz CT molecular complexity index is 953. The van der Waals surface area contributed by atoms with Crippen LogP contribution in [0.1, 0.15) is 96.0 Å². The average molecular weight is 655 g/mol. The van der Waals surface area contributed by atoms with Gasteiger partial charge in [-0.25, -0.2) is 0 Å². The van der Waals surface area contributed by atoms with Gasteiger partial charge in [-0.05, 0) is 44.1 Å². The van der Waals surface area contributed by atoms with E-state index in [1.54, 1.807) is 0 Å². The van der Waals surface area contributed by atoms with Crippen molar-refractivity contribution in [1.29, 1.82) is 0 Å². The van der Waals surface area contributed by atoms with E-state index in [9.17, 15) is 40.2 Å². The molecule has 8 atom stereocenters. The molecule has 2 rings (SSSR count). The Hall–Kier alpha value is -2.16. The highest BCUT2D eigenvalue weighted by Gasteiger charge is 2.44. The fourth-order valence-corrected chi connectivity index (χ4v) is 5.48. The van der Waals surface area contributed by atoms with Crippen molar-refractivity contribution >= 4 is 11.8 Å². The largest absolute Gasteiger partial charge is 0.394 e. The van der Waals surface area contributed by atoms with Crippen molar-refractivity contribution < 1.29 is 49.7 Å². The zero-order valence-corrected chi connectivity index (χ0v) is 27.3. The number of ether oxygens (including phenoxy) is 2. The molecule has 46 heavy (non-hydrogen) atoms. The highest BCUT2D eigenvalue weighted by atomic mass is 16.7. The normalized spacial score (nSPS) is 23.4. The minimum Gasteiger partial charge on any atom is -0.394 e. The van der Waals surface area contributed by atoms with E-state index in [1.165, 1.54) is 5.56 Å². The van der Waals surface area contributed by atoms with E-state index in [0.717, 1.165) is 57.8 Å². The number of carbonyl (C=O) groups is 2. The van der Waals surface area contributed by atoms with Gasteiger partial charge in [-0.15, -0.1) is 0 Å². The number of carbonyl (C=O) groups excluding carboxylic acids is 2. The van der Waals surface area contributed by atoms with Crippen LogP contribution in [0.5, 0.6) is 0 Å². The van der Waals surface area contributed by atoms with E-state index in [-0.39, 0.29) is 31.1 Å². The fraction of sp³-hybridized carbons (Fsp3) is 0.765. The van der Waals surface area contributed by atoms with Crippen LogP contribution >= 0.6 is 0 Å². The lowest BCUT2D eigenvalue weighted by Gasteiger charge is -2.40. The minimum atomic E-state index is -1.65. The molecule has 1 heterocycles. The second-order valence-corrected chi connectivity index (χ2v) is 12.3. The lowest BCUT2D eigenvalue weighted by molar-refractivity contribution is -0.303. The SMILES string of the molecule is CCCCCCCC(=O)N[C@@H](CO[C@H]1OC(CO)[C@H](O)C(O)[C@@H]1O)[C@H](O)[C@H](O)CCCC(=O)NCCCCCCc1ccccc1. The van der Waals surface area contributed by atoms with E-state index < -0.39 is 62.2 Å². The summed E-state index contributed by atoms with van der Waals surface area (Å²) in [5.41, 5.74) is 1.33. The van der Waals surface area contributed by atoms with Crippen LogP contribution in [0.4, 0.5) is 0 Å². The smallest absolute Gasteiger partial charge is 0.220 e. The van der Waals surface area contributed by atoms with Gasteiger partial charge in [-0.3, -0.25) is 9.59 Å². The first kappa shape index (κ1) is 40.0. The molecule has 1 aromatic carbocycles. The summed E-state index contributed by atoms with van der Waals surface area (Å²) in [6.07, 6.45) is 0.413. The van der Waals surface area contributed by atoms with Crippen molar-refractivity contribution in [3.8, 4) is 0 Å². The van der Waals surface area contributed by atoms with Gasteiger partial charge in [-0.2, -0.15) is 0 Å². The van der Waals surface area contributed by atoms with Crippen LogP contribution in [0.15, 0.2) is 30.3 Å². The van der Waals surface area contributed by atoms with Crippen molar-refractivity contribution in [2.24, 2.45) is 0 Å².